The molecule has 5 nitrogen and oxygen atoms in total. The van der Waals surface area contributed by atoms with E-state index in [0.717, 1.165) is 50.5 Å². The number of ether oxygens (including phenoxy) is 1. The zero-order valence-corrected chi connectivity index (χ0v) is 11.7. The molecule has 1 aromatic rings. The summed E-state index contributed by atoms with van der Waals surface area (Å²) in [5.74, 6) is 1.99. The van der Waals surface area contributed by atoms with Crippen LogP contribution in [0.15, 0.2) is 4.52 Å². The summed E-state index contributed by atoms with van der Waals surface area (Å²) in [6.07, 6.45) is 7.84. The highest BCUT2D eigenvalue weighted by molar-refractivity contribution is 5.05. The van der Waals surface area contributed by atoms with Gasteiger partial charge in [-0.2, -0.15) is 4.98 Å². The van der Waals surface area contributed by atoms with Gasteiger partial charge in [-0.25, -0.2) is 0 Å². The molecule has 1 saturated heterocycles. The first-order valence-corrected chi connectivity index (χ1v) is 7.44. The first kappa shape index (κ1) is 13.1. The first-order chi connectivity index (χ1) is 9.34. The summed E-state index contributed by atoms with van der Waals surface area (Å²) < 4.78 is 11.3. The van der Waals surface area contributed by atoms with E-state index in [-0.39, 0.29) is 5.60 Å². The van der Waals surface area contributed by atoms with Crippen molar-refractivity contribution >= 4 is 0 Å². The molecular formula is C14H23N3O2. The molecule has 0 spiro atoms. The lowest BCUT2D eigenvalue weighted by atomic mass is 9.84. The fraction of sp³-hybridized carbons (Fsp3) is 0.857. The number of nitrogens with one attached hydrogen (secondary N) is 1. The molecule has 5 heteroatoms. The number of piperidine rings is 1. The van der Waals surface area contributed by atoms with E-state index < -0.39 is 0 Å². The summed E-state index contributed by atoms with van der Waals surface area (Å²) in [6, 6.07) is 0. The number of aromatic nitrogens is 2. The van der Waals surface area contributed by atoms with E-state index in [1.54, 1.807) is 7.11 Å². The topological polar surface area (TPSA) is 60.2 Å². The van der Waals surface area contributed by atoms with Crippen molar-refractivity contribution in [2.45, 2.75) is 56.5 Å². The fourth-order valence-electron chi connectivity index (χ4n) is 3.30. The Kier molecular flexibility index (Phi) is 3.84. The number of rotatable bonds is 3. The molecule has 19 heavy (non-hydrogen) atoms. The van der Waals surface area contributed by atoms with Gasteiger partial charge in [0.2, 0.25) is 11.7 Å². The van der Waals surface area contributed by atoms with Crippen molar-refractivity contribution in [2.75, 3.05) is 20.2 Å². The standard InChI is InChI=1S/C14H23N3O2/c1-18-14(7-3-2-4-8-14)13-16-12(19-17-13)11-5-9-15-10-6-11/h11,15H,2-10H2,1H3. The normalized spacial score (nSPS) is 24.5. The molecule has 2 aliphatic rings. The highest BCUT2D eigenvalue weighted by atomic mass is 16.5. The van der Waals surface area contributed by atoms with Crippen molar-refractivity contribution in [3.05, 3.63) is 11.7 Å². The minimum Gasteiger partial charge on any atom is -0.370 e. The van der Waals surface area contributed by atoms with Crippen molar-refractivity contribution in [3.8, 4) is 0 Å². The molecule has 106 valence electrons. The van der Waals surface area contributed by atoms with Crippen molar-refractivity contribution in [1.82, 2.24) is 15.5 Å². The van der Waals surface area contributed by atoms with E-state index >= 15 is 0 Å². The molecule has 0 aromatic carbocycles. The van der Waals surface area contributed by atoms with Gasteiger partial charge in [0, 0.05) is 13.0 Å². The highest BCUT2D eigenvalue weighted by Gasteiger charge is 2.39. The Hall–Kier alpha value is -0.940. The van der Waals surface area contributed by atoms with Crippen LogP contribution in [0.3, 0.4) is 0 Å². The van der Waals surface area contributed by atoms with Gasteiger partial charge in [0.25, 0.3) is 0 Å². The molecule has 1 aliphatic heterocycles. The van der Waals surface area contributed by atoms with E-state index in [1.807, 2.05) is 0 Å². The molecule has 1 aromatic heterocycles. The monoisotopic (exact) mass is 265 g/mol. The molecule has 1 aliphatic carbocycles. The molecule has 0 radical (unpaired) electrons. The molecule has 0 unspecified atom stereocenters. The lowest BCUT2D eigenvalue weighted by molar-refractivity contribution is -0.0527. The minimum absolute atomic E-state index is 0.299. The molecule has 2 fully saturated rings. The summed E-state index contributed by atoms with van der Waals surface area (Å²) in [5.41, 5.74) is -0.299. The maximum Gasteiger partial charge on any atom is 0.229 e. The molecular weight excluding hydrogens is 242 g/mol. The van der Waals surface area contributed by atoms with Crippen LogP contribution in [-0.4, -0.2) is 30.3 Å². The zero-order chi connectivity index (χ0) is 13.1. The maximum atomic E-state index is 5.77. The molecule has 0 atom stereocenters. The molecule has 0 amide bonds. The van der Waals surface area contributed by atoms with E-state index in [1.165, 1.54) is 19.3 Å². The van der Waals surface area contributed by atoms with Crippen LogP contribution in [0.4, 0.5) is 0 Å². The van der Waals surface area contributed by atoms with E-state index in [4.69, 9.17) is 9.26 Å². The van der Waals surface area contributed by atoms with Gasteiger partial charge in [-0.1, -0.05) is 24.4 Å². The third-order valence-corrected chi connectivity index (χ3v) is 4.59. The molecule has 1 saturated carbocycles. The third kappa shape index (κ3) is 2.54. The highest BCUT2D eigenvalue weighted by Crippen LogP contribution is 2.39. The Bertz CT molecular complexity index is 407. The Morgan fingerprint density at radius 2 is 1.95 bits per heavy atom. The Morgan fingerprint density at radius 1 is 1.21 bits per heavy atom. The second-order valence-electron chi connectivity index (χ2n) is 5.74. The van der Waals surface area contributed by atoms with Crippen LogP contribution in [-0.2, 0) is 10.3 Å². The Morgan fingerprint density at radius 3 is 2.63 bits per heavy atom. The van der Waals surface area contributed by atoms with Crippen molar-refractivity contribution in [3.63, 3.8) is 0 Å². The summed E-state index contributed by atoms with van der Waals surface area (Å²) in [7, 11) is 1.77. The van der Waals surface area contributed by atoms with Gasteiger partial charge in [0.1, 0.15) is 5.60 Å². The number of hydrogen-bond acceptors (Lipinski definition) is 5. The van der Waals surface area contributed by atoms with Gasteiger partial charge in [-0.05, 0) is 38.8 Å². The summed E-state index contributed by atoms with van der Waals surface area (Å²) in [5, 5.41) is 7.59. The second kappa shape index (κ2) is 5.59. The quantitative estimate of drug-likeness (QED) is 0.909. The SMILES string of the molecule is COC1(c2noc(C3CCNCC3)n2)CCCCC1. The second-order valence-corrected chi connectivity index (χ2v) is 5.74. The van der Waals surface area contributed by atoms with Crippen LogP contribution in [0.2, 0.25) is 0 Å². The predicted octanol–water partition coefficient (Wildman–Crippen LogP) is 2.34. The van der Waals surface area contributed by atoms with Gasteiger partial charge in [0.15, 0.2) is 0 Å². The van der Waals surface area contributed by atoms with Crippen LogP contribution < -0.4 is 5.32 Å². The Balaban J connectivity index is 1.79. The van der Waals surface area contributed by atoms with E-state index in [0.29, 0.717) is 5.92 Å². The van der Waals surface area contributed by atoms with Crippen LogP contribution in [0.25, 0.3) is 0 Å². The van der Waals surface area contributed by atoms with Gasteiger partial charge in [-0.3, -0.25) is 0 Å². The van der Waals surface area contributed by atoms with Gasteiger partial charge < -0.3 is 14.6 Å². The lowest BCUT2D eigenvalue weighted by Crippen LogP contribution is -2.32. The van der Waals surface area contributed by atoms with Gasteiger partial charge in [0.05, 0.1) is 0 Å². The van der Waals surface area contributed by atoms with Crippen molar-refractivity contribution < 1.29 is 9.26 Å². The molecule has 1 N–H and O–H groups in total. The summed E-state index contributed by atoms with van der Waals surface area (Å²) in [6.45, 7) is 2.08. The predicted molar refractivity (Wildman–Crippen MR) is 70.9 cm³/mol. The summed E-state index contributed by atoms with van der Waals surface area (Å²) >= 11 is 0. The number of nitrogens with zero attached hydrogens (tertiary/aromatic N) is 2. The molecule has 2 heterocycles. The smallest absolute Gasteiger partial charge is 0.229 e. The van der Waals surface area contributed by atoms with Crippen LogP contribution in [0.1, 0.15) is 62.6 Å². The van der Waals surface area contributed by atoms with Crippen LogP contribution in [0, 0.1) is 0 Å². The third-order valence-electron chi connectivity index (χ3n) is 4.59. The largest absolute Gasteiger partial charge is 0.370 e. The zero-order valence-electron chi connectivity index (χ0n) is 11.7. The number of hydrogen-bond donors (Lipinski definition) is 1. The van der Waals surface area contributed by atoms with Gasteiger partial charge in [-0.15, -0.1) is 0 Å². The maximum absolute atomic E-state index is 5.77. The van der Waals surface area contributed by atoms with E-state index in [2.05, 4.69) is 15.5 Å². The summed E-state index contributed by atoms with van der Waals surface area (Å²) in [4.78, 5) is 4.67. The van der Waals surface area contributed by atoms with Crippen LogP contribution in [0.5, 0.6) is 0 Å². The van der Waals surface area contributed by atoms with Gasteiger partial charge >= 0.3 is 0 Å². The first-order valence-electron chi connectivity index (χ1n) is 7.44. The van der Waals surface area contributed by atoms with Crippen molar-refractivity contribution in [1.29, 1.82) is 0 Å². The average molecular weight is 265 g/mol. The number of methoxy groups -OCH3 is 1. The Labute approximate surface area is 114 Å². The fourth-order valence-corrected chi connectivity index (χ4v) is 3.30. The molecule has 3 rings (SSSR count). The average Bonchev–Trinajstić information content (AvgIpc) is 2.99. The van der Waals surface area contributed by atoms with Crippen LogP contribution >= 0.6 is 0 Å². The van der Waals surface area contributed by atoms with Crippen molar-refractivity contribution in [2.24, 2.45) is 0 Å². The molecule has 0 bridgehead atoms. The van der Waals surface area contributed by atoms with E-state index in [9.17, 15) is 0 Å². The minimum atomic E-state index is -0.299. The lowest BCUT2D eigenvalue weighted by Gasteiger charge is -2.32.